The van der Waals surface area contributed by atoms with Gasteiger partial charge in [-0.05, 0) is 48.7 Å². The van der Waals surface area contributed by atoms with Crippen LogP contribution in [0.1, 0.15) is 26.3 Å². The van der Waals surface area contributed by atoms with E-state index in [1.807, 2.05) is 13.8 Å². The van der Waals surface area contributed by atoms with Crippen LogP contribution in [-0.4, -0.2) is 49.2 Å². The van der Waals surface area contributed by atoms with Gasteiger partial charge in [-0.25, -0.2) is 8.42 Å². The Morgan fingerprint density at radius 1 is 0.976 bits per heavy atom. The zero-order valence-corrected chi connectivity index (χ0v) is 25.0. The molecule has 218 valence electrons. The number of anilines is 1. The third kappa shape index (κ3) is 8.18. The van der Waals surface area contributed by atoms with Crippen molar-refractivity contribution < 1.29 is 22.9 Å². The minimum Gasteiger partial charge on any atom is -0.354 e. The van der Waals surface area contributed by atoms with Gasteiger partial charge in [0.1, 0.15) is 12.6 Å². The van der Waals surface area contributed by atoms with E-state index < -0.39 is 39.3 Å². The molecule has 0 saturated carbocycles. The third-order valence-corrected chi connectivity index (χ3v) is 8.52. The molecule has 0 radical (unpaired) electrons. The predicted octanol–water partition coefficient (Wildman–Crippen LogP) is 5.29. The van der Waals surface area contributed by atoms with Crippen molar-refractivity contribution in [2.75, 3.05) is 17.4 Å². The average Bonchev–Trinajstić information content (AvgIpc) is 2.94. The quantitative estimate of drug-likeness (QED) is 0.216. The summed E-state index contributed by atoms with van der Waals surface area (Å²) >= 11 is 12.4. The van der Waals surface area contributed by atoms with Crippen LogP contribution in [-0.2, 0) is 26.2 Å². The number of nitrogens with zero attached hydrogens (tertiary/aromatic N) is 3. The van der Waals surface area contributed by atoms with Gasteiger partial charge in [-0.15, -0.1) is 0 Å². The van der Waals surface area contributed by atoms with Crippen LogP contribution in [0.4, 0.5) is 11.4 Å². The van der Waals surface area contributed by atoms with Gasteiger partial charge in [0.15, 0.2) is 0 Å². The van der Waals surface area contributed by atoms with E-state index in [4.69, 9.17) is 23.2 Å². The number of benzene rings is 3. The van der Waals surface area contributed by atoms with E-state index in [1.165, 1.54) is 60.4 Å². The molecule has 41 heavy (non-hydrogen) atoms. The molecule has 1 N–H and O–H groups in total. The van der Waals surface area contributed by atoms with Crippen LogP contribution in [0.25, 0.3) is 0 Å². The molecule has 0 aromatic heterocycles. The summed E-state index contributed by atoms with van der Waals surface area (Å²) in [6.07, 6.45) is 0. The molecule has 2 amide bonds. The minimum atomic E-state index is -4.36. The molecule has 0 saturated heterocycles. The maximum atomic E-state index is 13.9. The highest BCUT2D eigenvalue weighted by Gasteiger charge is 2.33. The number of carbonyl (C=O) groups is 2. The number of carbonyl (C=O) groups excluding carboxylic acids is 2. The number of sulfonamides is 1. The number of nitrogens with one attached hydrogen (secondary N) is 1. The zero-order valence-electron chi connectivity index (χ0n) is 22.7. The fraction of sp³-hybridized carbons (Fsp3) is 0.286. The van der Waals surface area contributed by atoms with Crippen molar-refractivity contribution in [3.63, 3.8) is 0 Å². The van der Waals surface area contributed by atoms with Gasteiger partial charge in [0.05, 0.1) is 15.5 Å². The first-order valence-electron chi connectivity index (χ1n) is 12.6. The van der Waals surface area contributed by atoms with Crippen LogP contribution in [0.5, 0.6) is 0 Å². The molecule has 0 aliphatic carbocycles. The Hall–Kier alpha value is -3.67. The Bertz CT molecular complexity index is 1520. The Morgan fingerprint density at radius 3 is 2.27 bits per heavy atom. The lowest BCUT2D eigenvalue weighted by Crippen LogP contribution is -2.51. The van der Waals surface area contributed by atoms with E-state index in [9.17, 15) is 28.1 Å². The number of nitro groups is 1. The van der Waals surface area contributed by atoms with Crippen molar-refractivity contribution >= 4 is 56.4 Å². The molecule has 0 aliphatic rings. The van der Waals surface area contributed by atoms with Crippen LogP contribution in [0.2, 0.25) is 10.0 Å². The fourth-order valence-electron chi connectivity index (χ4n) is 3.88. The Kier molecular flexibility index (Phi) is 10.7. The summed E-state index contributed by atoms with van der Waals surface area (Å²) in [5.74, 6) is -1.01. The molecule has 3 rings (SSSR count). The smallest absolute Gasteiger partial charge is 0.271 e. The van der Waals surface area contributed by atoms with Crippen molar-refractivity contribution in [2.24, 2.45) is 5.92 Å². The number of hydrogen-bond acceptors (Lipinski definition) is 6. The molecular formula is C28H30Cl2N4O6S. The summed E-state index contributed by atoms with van der Waals surface area (Å²) in [5.41, 5.74) is 0.0491. The second-order valence-electron chi connectivity index (χ2n) is 9.67. The third-order valence-electron chi connectivity index (χ3n) is 6.15. The number of hydrogen-bond donors (Lipinski definition) is 1. The van der Waals surface area contributed by atoms with E-state index in [0.717, 1.165) is 10.4 Å². The monoisotopic (exact) mass is 620 g/mol. The molecule has 0 fully saturated rings. The van der Waals surface area contributed by atoms with Crippen molar-refractivity contribution in [3.05, 3.63) is 98.5 Å². The molecule has 0 heterocycles. The average molecular weight is 622 g/mol. The predicted molar refractivity (Wildman–Crippen MR) is 158 cm³/mol. The number of amides is 2. The number of non-ortho nitro benzene ring substituents is 1. The fourth-order valence-corrected chi connectivity index (χ4v) is 5.77. The van der Waals surface area contributed by atoms with E-state index in [2.05, 4.69) is 5.32 Å². The molecule has 0 aliphatic heterocycles. The van der Waals surface area contributed by atoms with Gasteiger partial charge in [-0.2, -0.15) is 0 Å². The van der Waals surface area contributed by atoms with Gasteiger partial charge >= 0.3 is 0 Å². The number of halogens is 2. The van der Waals surface area contributed by atoms with Gasteiger partial charge < -0.3 is 10.2 Å². The van der Waals surface area contributed by atoms with E-state index in [1.54, 1.807) is 18.2 Å². The highest BCUT2D eigenvalue weighted by Crippen LogP contribution is 2.28. The van der Waals surface area contributed by atoms with Crippen LogP contribution in [0.3, 0.4) is 0 Å². The first kappa shape index (κ1) is 31.9. The maximum absolute atomic E-state index is 13.9. The summed E-state index contributed by atoms with van der Waals surface area (Å²) in [5, 5.41) is 14.9. The van der Waals surface area contributed by atoms with Gasteiger partial charge in [-0.3, -0.25) is 24.0 Å². The Labute approximate surface area is 249 Å². The molecule has 3 aromatic rings. The zero-order chi connectivity index (χ0) is 30.3. The summed E-state index contributed by atoms with van der Waals surface area (Å²) in [7, 11) is -4.36. The highest BCUT2D eigenvalue weighted by atomic mass is 35.5. The SMILES string of the molecule is CC(C)CNC(=O)[C@H](C)N(Cc1ccc(Cl)cc1Cl)C(=O)CN(c1cccc([N+](=O)[O-])c1)S(=O)(=O)c1ccccc1. The largest absolute Gasteiger partial charge is 0.354 e. The topological polar surface area (TPSA) is 130 Å². The van der Waals surface area contributed by atoms with Crippen molar-refractivity contribution in [2.45, 2.75) is 38.3 Å². The lowest BCUT2D eigenvalue weighted by molar-refractivity contribution is -0.384. The van der Waals surface area contributed by atoms with E-state index >= 15 is 0 Å². The second-order valence-corrected chi connectivity index (χ2v) is 12.4. The van der Waals surface area contributed by atoms with Crippen molar-refractivity contribution in [1.29, 1.82) is 0 Å². The first-order valence-corrected chi connectivity index (χ1v) is 14.8. The number of rotatable bonds is 12. The molecule has 0 spiro atoms. The minimum absolute atomic E-state index is 0.0854. The molecule has 10 nitrogen and oxygen atoms in total. The summed E-state index contributed by atoms with van der Waals surface area (Å²) < 4.78 is 28.3. The molecular weight excluding hydrogens is 591 g/mol. The molecule has 13 heteroatoms. The molecule has 0 bridgehead atoms. The van der Waals surface area contributed by atoms with Crippen molar-refractivity contribution in [1.82, 2.24) is 10.2 Å². The second kappa shape index (κ2) is 13.8. The summed E-state index contributed by atoms with van der Waals surface area (Å²) in [4.78, 5) is 38.9. The standard InChI is InChI=1S/C28H30Cl2N4O6S/c1-19(2)16-31-28(36)20(3)32(17-21-12-13-22(29)14-26(21)30)27(35)18-33(23-8-7-9-24(15-23)34(37)38)41(39,40)25-10-5-4-6-11-25/h4-15,19-20H,16-18H2,1-3H3,(H,31,36)/t20-/m0/s1. The molecule has 1 atom stereocenters. The molecule has 3 aromatic carbocycles. The lowest BCUT2D eigenvalue weighted by atomic mass is 10.1. The Morgan fingerprint density at radius 2 is 1.66 bits per heavy atom. The molecule has 0 unspecified atom stereocenters. The van der Waals surface area contributed by atoms with Crippen molar-refractivity contribution in [3.8, 4) is 0 Å². The first-order chi connectivity index (χ1) is 19.3. The van der Waals surface area contributed by atoms with Gasteiger partial charge in [-0.1, -0.05) is 67.4 Å². The summed E-state index contributed by atoms with van der Waals surface area (Å²) in [6, 6.07) is 16.1. The van der Waals surface area contributed by atoms with Crippen LogP contribution >= 0.6 is 23.2 Å². The van der Waals surface area contributed by atoms with Crippen LogP contribution < -0.4 is 9.62 Å². The van der Waals surface area contributed by atoms with Gasteiger partial charge in [0.2, 0.25) is 11.8 Å². The van der Waals surface area contributed by atoms with E-state index in [0.29, 0.717) is 17.1 Å². The van der Waals surface area contributed by atoms with Gasteiger partial charge in [0.25, 0.3) is 15.7 Å². The summed E-state index contributed by atoms with van der Waals surface area (Å²) in [6.45, 7) is 4.87. The van der Waals surface area contributed by atoms with Crippen LogP contribution in [0.15, 0.2) is 77.7 Å². The number of nitro benzene ring substituents is 1. The van der Waals surface area contributed by atoms with Gasteiger partial charge in [0, 0.05) is 35.3 Å². The highest BCUT2D eigenvalue weighted by molar-refractivity contribution is 7.92. The maximum Gasteiger partial charge on any atom is 0.271 e. The lowest BCUT2D eigenvalue weighted by Gasteiger charge is -2.32. The van der Waals surface area contributed by atoms with Crippen LogP contribution in [0, 0.1) is 16.0 Å². The Balaban J connectivity index is 2.07. The van der Waals surface area contributed by atoms with E-state index in [-0.39, 0.29) is 33.8 Å². The normalized spacial score (nSPS) is 12.0.